The smallest absolute Gasteiger partial charge is 0.237 e. The summed E-state index contributed by atoms with van der Waals surface area (Å²) >= 11 is 5.56. The second-order valence-corrected chi connectivity index (χ2v) is 4.91. The van der Waals surface area contributed by atoms with E-state index in [1.54, 1.807) is 6.07 Å². The molecule has 1 aliphatic rings. The van der Waals surface area contributed by atoms with E-state index < -0.39 is 23.4 Å². The van der Waals surface area contributed by atoms with Crippen LogP contribution < -0.4 is 11.1 Å². The fourth-order valence-corrected chi connectivity index (χ4v) is 2.40. The van der Waals surface area contributed by atoms with Crippen molar-refractivity contribution in [2.45, 2.75) is 24.6 Å². The SMILES string of the molecule is NC(=O)C1NCCC1(F)Cc1ccc(Cl)c(F)c1. The molecule has 1 aliphatic heterocycles. The van der Waals surface area contributed by atoms with Gasteiger partial charge in [0.25, 0.3) is 0 Å². The van der Waals surface area contributed by atoms with Gasteiger partial charge in [0.1, 0.15) is 17.5 Å². The highest BCUT2D eigenvalue weighted by molar-refractivity contribution is 6.30. The van der Waals surface area contributed by atoms with Gasteiger partial charge in [-0.1, -0.05) is 17.7 Å². The third-order valence-corrected chi connectivity index (χ3v) is 3.48. The van der Waals surface area contributed by atoms with Crippen molar-refractivity contribution in [3.63, 3.8) is 0 Å². The van der Waals surface area contributed by atoms with Crippen molar-refractivity contribution >= 4 is 17.5 Å². The van der Waals surface area contributed by atoms with E-state index in [2.05, 4.69) is 5.32 Å². The third kappa shape index (κ3) is 2.47. The van der Waals surface area contributed by atoms with Crippen molar-refractivity contribution in [3.05, 3.63) is 34.6 Å². The van der Waals surface area contributed by atoms with Crippen LogP contribution in [-0.2, 0) is 11.2 Å². The molecule has 1 saturated heterocycles. The number of nitrogens with one attached hydrogen (secondary N) is 1. The molecule has 6 heteroatoms. The number of rotatable bonds is 3. The third-order valence-electron chi connectivity index (χ3n) is 3.17. The van der Waals surface area contributed by atoms with Crippen LogP contribution in [0.25, 0.3) is 0 Å². The zero-order valence-electron chi connectivity index (χ0n) is 9.55. The van der Waals surface area contributed by atoms with E-state index in [0.29, 0.717) is 12.1 Å². The fraction of sp³-hybridized carbons (Fsp3) is 0.417. The maximum atomic E-state index is 14.6. The van der Waals surface area contributed by atoms with E-state index >= 15 is 0 Å². The molecule has 0 radical (unpaired) electrons. The molecule has 1 aromatic rings. The van der Waals surface area contributed by atoms with Gasteiger partial charge in [-0.05, 0) is 30.7 Å². The minimum absolute atomic E-state index is 0.0114. The van der Waals surface area contributed by atoms with Gasteiger partial charge >= 0.3 is 0 Å². The van der Waals surface area contributed by atoms with Crippen molar-refractivity contribution in [3.8, 4) is 0 Å². The highest BCUT2D eigenvalue weighted by Crippen LogP contribution is 2.31. The molecule has 2 atom stereocenters. The fourth-order valence-electron chi connectivity index (χ4n) is 2.29. The van der Waals surface area contributed by atoms with E-state index in [4.69, 9.17) is 17.3 Å². The molecule has 2 unspecified atom stereocenters. The molecule has 1 amide bonds. The summed E-state index contributed by atoms with van der Waals surface area (Å²) in [5.74, 6) is -1.33. The zero-order valence-corrected chi connectivity index (χ0v) is 10.3. The Hall–Kier alpha value is -1.20. The number of benzene rings is 1. The normalized spacial score (nSPS) is 27.4. The Kier molecular flexibility index (Phi) is 3.54. The topological polar surface area (TPSA) is 55.1 Å². The highest BCUT2D eigenvalue weighted by atomic mass is 35.5. The lowest BCUT2D eigenvalue weighted by atomic mass is 9.89. The summed E-state index contributed by atoms with van der Waals surface area (Å²) in [6.45, 7) is 0.375. The second-order valence-electron chi connectivity index (χ2n) is 4.50. The van der Waals surface area contributed by atoms with E-state index in [0.717, 1.165) is 0 Å². The molecule has 1 fully saturated rings. The monoisotopic (exact) mass is 274 g/mol. The molecule has 1 aromatic carbocycles. The summed E-state index contributed by atoms with van der Waals surface area (Å²) in [5, 5.41) is 2.71. The van der Waals surface area contributed by atoms with Crippen LogP contribution in [0.4, 0.5) is 8.78 Å². The van der Waals surface area contributed by atoms with Crippen LogP contribution in [0.2, 0.25) is 5.02 Å². The van der Waals surface area contributed by atoms with Crippen LogP contribution in [0.1, 0.15) is 12.0 Å². The number of alkyl halides is 1. The summed E-state index contributed by atoms with van der Waals surface area (Å²) in [4.78, 5) is 11.2. The average molecular weight is 275 g/mol. The van der Waals surface area contributed by atoms with Gasteiger partial charge in [0, 0.05) is 6.42 Å². The van der Waals surface area contributed by atoms with E-state index in [-0.39, 0.29) is 17.9 Å². The van der Waals surface area contributed by atoms with Crippen LogP contribution in [0, 0.1) is 5.82 Å². The van der Waals surface area contributed by atoms with Crippen molar-refractivity contribution in [1.29, 1.82) is 0 Å². The summed E-state index contributed by atoms with van der Waals surface area (Å²) in [6.07, 6.45) is 0.104. The molecule has 0 aromatic heterocycles. The number of primary amides is 1. The zero-order chi connectivity index (χ0) is 13.3. The van der Waals surface area contributed by atoms with Gasteiger partial charge in [0.05, 0.1) is 5.02 Å². The Morgan fingerprint density at radius 1 is 1.61 bits per heavy atom. The molecule has 0 bridgehead atoms. The first-order chi connectivity index (χ1) is 8.42. The van der Waals surface area contributed by atoms with Gasteiger partial charge in [-0.3, -0.25) is 4.79 Å². The summed E-state index contributed by atoms with van der Waals surface area (Å²) in [6, 6.07) is 3.07. The highest BCUT2D eigenvalue weighted by Gasteiger charge is 2.46. The molecular weight excluding hydrogens is 262 g/mol. The van der Waals surface area contributed by atoms with E-state index in [1.165, 1.54) is 12.1 Å². The van der Waals surface area contributed by atoms with E-state index in [9.17, 15) is 13.6 Å². The number of hydrogen-bond acceptors (Lipinski definition) is 2. The van der Waals surface area contributed by atoms with Crippen LogP contribution in [0.15, 0.2) is 18.2 Å². The second kappa shape index (κ2) is 4.82. The molecule has 98 valence electrons. The summed E-state index contributed by atoms with van der Waals surface area (Å²) < 4.78 is 27.9. The Bertz CT molecular complexity index is 483. The number of hydrogen-bond donors (Lipinski definition) is 2. The van der Waals surface area contributed by atoms with Crippen molar-refractivity contribution < 1.29 is 13.6 Å². The van der Waals surface area contributed by atoms with Crippen LogP contribution >= 0.6 is 11.6 Å². The Labute approximate surface area is 108 Å². The standard InChI is InChI=1S/C12H13ClF2N2O/c13-8-2-1-7(5-9(8)14)6-12(15)3-4-17-10(12)11(16)18/h1-2,5,10,17H,3-4,6H2,(H2,16,18). The lowest BCUT2D eigenvalue weighted by Gasteiger charge is -2.24. The largest absolute Gasteiger partial charge is 0.368 e. The molecule has 0 saturated carbocycles. The number of nitrogens with two attached hydrogens (primary N) is 1. The molecule has 18 heavy (non-hydrogen) atoms. The van der Waals surface area contributed by atoms with Gasteiger partial charge < -0.3 is 11.1 Å². The maximum absolute atomic E-state index is 14.6. The van der Waals surface area contributed by atoms with Gasteiger partial charge in [-0.25, -0.2) is 8.78 Å². The van der Waals surface area contributed by atoms with Crippen molar-refractivity contribution in [2.24, 2.45) is 5.73 Å². The minimum Gasteiger partial charge on any atom is -0.368 e. The average Bonchev–Trinajstić information content (AvgIpc) is 2.66. The predicted molar refractivity (Wildman–Crippen MR) is 64.6 cm³/mol. The first-order valence-corrected chi connectivity index (χ1v) is 5.96. The van der Waals surface area contributed by atoms with Gasteiger partial charge in [0.15, 0.2) is 0 Å². The Morgan fingerprint density at radius 2 is 2.33 bits per heavy atom. The van der Waals surface area contributed by atoms with Gasteiger partial charge in [0.2, 0.25) is 5.91 Å². The van der Waals surface area contributed by atoms with Gasteiger partial charge in [-0.2, -0.15) is 0 Å². The summed E-state index contributed by atoms with van der Waals surface area (Å²) in [7, 11) is 0. The summed E-state index contributed by atoms with van der Waals surface area (Å²) in [5.41, 5.74) is 3.83. The molecule has 1 heterocycles. The first-order valence-electron chi connectivity index (χ1n) is 5.58. The molecule has 3 nitrogen and oxygen atoms in total. The molecule has 3 N–H and O–H groups in total. The molecule has 2 rings (SSSR count). The quantitative estimate of drug-likeness (QED) is 0.879. The lowest BCUT2D eigenvalue weighted by molar-refractivity contribution is -0.122. The maximum Gasteiger partial charge on any atom is 0.237 e. The number of halogens is 3. The molecule has 0 spiro atoms. The number of carbonyl (C=O) groups is 1. The van der Waals surface area contributed by atoms with E-state index in [1.807, 2.05) is 0 Å². The van der Waals surface area contributed by atoms with Crippen molar-refractivity contribution in [2.75, 3.05) is 6.54 Å². The van der Waals surface area contributed by atoms with Gasteiger partial charge in [-0.15, -0.1) is 0 Å². The Morgan fingerprint density at radius 3 is 2.94 bits per heavy atom. The van der Waals surface area contributed by atoms with Crippen LogP contribution in [-0.4, -0.2) is 24.2 Å². The first kappa shape index (κ1) is 13.2. The predicted octanol–water partition coefficient (Wildman–Crippen LogP) is 1.58. The lowest BCUT2D eigenvalue weighted by Crippen LogP contribution is -2.49. The van der Waals surface area contributed by atoms with Crippen LogP contribution in [0.3, 0.4) is 0 Å². The molecule has 0 aliphatic carbocycles. The Balaban J connectivity index is 2.21. The minimum atomic E-state index is -1.77. The van der Waals surface area contributed by atoms with Crippen LogP contribution in [0.5, 0.6) is 0 Å². The van der Waals surface area contributed by atoms with Crippen molar-refractivity contribution in [1.82, 2.24) is 5.32 Å². The molecular formula is C12H13ClF2N2O. The number of amides is 1. The number of carbonyl (C=O) groups excluding carboxylic acids is 1.